The highest BCUT2D eigenvalue weighted by molar-refractivity contribution is 5.86. The smallest absolute Gasteiger partial charge is 0.379 e. The number of benzene rings is 2. The third-order valence-corrected chi connectivity index (χ3v) is 3.12. The van der Waals surface area contributed by atoms with Crippen molar-refractivity contribution in [2.45, 2.75) is 32.0 Å². The van der Waals surface area contributed by atoms with E-state index < -0.39 is 12.3 Å². The molecule has 2 rings (SSSR count). The Morgan fingerprint density at radius 3 is 2.53 bits per heavy atom. The van der Waals surface area contributed by atoms with Crippen LogP contribution in [-0.4, -0.2) is 11.3 Å². The van der Waals surface area contributed by atoms with Gasteiger partial charge in [-0.1, -0.05) is 49.7 Å². The molecule has 0 fully saturated rings. The largest absolute Gasteiger partial charge is 0.418 e. The van der Waals surface area contributed by atoms with Crippen LogP contribution >= 0.6 is 0 Å². The second-order valence-electron chi connectivity index (χ2n) is 4.60. The molecule has 0 saturated heterocycles. The number of halogens is 3. The SMILES string of the molecule is CCCc1ccc2cccc(C(O)C(F)(F)F)c2c1. The van der Waals surface area contributed by atoms with Crippen molar-refractivity contribution in [2.24, 2.45) is 0 Å². The lowest BCUT2D eigenvalue weighted by atomic mass is 9.97. The molecule has 0 saturated carbocycles. The first kappa shape index (κ1) is 13.9. The minimum atomic E-state index is -4.64. The lowest BCUT2D eigenvalue weighted by Gasteiger charge is -2.17. The van der Waals surface area contributed by atoms with Crippen LogP contribution < -0.4 is 0 Å². The average Bonchev–Trinajstić information content (AvgIpc) is 2.36. The molecule has 0 aliphatic carbocycles. The van der Waals surface area contributed by atoms with E-state index in [1.54, 1.807) is 18.2 Å². The Labute approximate surface area is 109 Å². The highest BCUT2D eigenvalue weighted by Crippen LogP contribution is 2.36. The van der Waals surface area contributed by atoms with Crippen molar-refractivity contribution in [2.75, 3.05) is 0 Å². The molecular weight excluding hydrogens is 253 g/mol. The number of rotatable bonds is 3. The molecule has 1 unspecified atom stereocenters. The Kier molecular flexibility index (Phi) is 3.80. The molecule has 0 spiro atoms. The molecule has 0 aliphatic heterocycles. The Hall–Kier alpha value is -1.55. The fraction of sp³-hybridized carbons (Fsp3) is 0.333. The first-order valence-electron chi connectivity index (χ1n) is 6.20. The molecule has 0 heterocycles. The molecular formula is C15H15F3O. The summed E-state index contributed by atoms with van der Waals surface area (Å²) in [5.41, 5.74) is 0.903. The van der Waals surface area contributed by atoms with Crippen LogP contribution in [0.5, 0.6) is 0 Å². The first-order chi connectivity index (χ1) is 8.93. The number of hydrogen-bond acceptors (Lipinski definition) is 1. The zero-order valence-electron chi connectivity index (χ0n) is 10.5. The molecule has 1 atom stereocenters. The van der Waals surface area contributed by atoms with Crippen LogP contribution in [0.2, 0.25) is 0 Å². The summed E-state index contributed by atoms with van der Waals surface area (Å²) in [6.07, 6.45) is -5.34. The van der Waals surface area contributed by atoms with Crippen molar-refractivity contribution in [1.29, 1.82) is 0 Å². The fourth-order valence-corrected chi connectivity index (χ4v) is 2.20. The molecule has 0 aromatic heterocycles. The van der Waals surface area contributed by atoms with Gasteiger partial charge in [0.15, 0.2) is 6.10 Å². The molecule has 0 bridgehead atoms. The van der Waals surface area contributed by atoms with Gasteiger partial charge in [0.25, 0.3) is 0 Å². The predicted molar refractivity (Wildman–Crippen MR) is 69.0 cm³/mol. The van der Waals surface area contributed by atoms with Crippen LogP contribution in [0.3, 0.4) is 0 Å². The van der Waals surface area contributed by atoms with Crippen molar-refractivity contribution in [1.82, 2.24) is 0 Å². The third-order valence-electron chi connectivity index (χ3n) is 3.12. The molecule has 0 radical (unpaired) electrons. The van der Waals surface area contributed by atoms with Crippen molar-refractivity contribution in [3.05, 3.63) is 47.5 Å². The van der Waals surface area contributed by atoms with Crippen molar-refractivity contribution < 1.29 is 18.3 Å². The lowest BCUT2D eigenvalue weighted by Crippen LogP contribution is -2.20. The van der Waals surface area contributed by atoms with E-state index in [0.717, 1.165) is 18.4 Å². The Morgan fingerprint density at radius 2 is 1.89 bits per heavy atom. The lowest BCUT2D eigenvalue weighted by molar-refractivity contribution is -0.206. The zero-order valence-corrected chi connectivity index (χ0v) is 10.5. The van der Waals surface area contributed by atoms with Crippen molar-refractivity contribution in [3.8, 4) is 0 Å². The van der Waals surface area contributed by atoms with Gasteiger partial charge < -0.3 is 5.11 Å². The maximum absolute atomic E-state index is 12.7. The second kappa shape index (κ2) is 5.21. The fourth-order valence-electron chi connectivity index (χ4n) is 2.20. The molecule has 0 aliphatic rings. The summed E-state index contributed by atoms with van der Waals surface area (Å²) in [6, 6.07) is 10.1. The van der Waals surface area contributed by atoms with Gasteiger partial charge in [0.1, 0.15) is 0 Å². The Balaban J connectivity index is 2.57. The maximum atomic E-state index is 12.7. The Bertz CT molecular complexity index is 575. The van der Waals surface area contributed by atoms with Gasteiger partial charge in [0, 0.05) is 0 Å². The monoisotopic (exact) mass is 268 g/mol. The molecule has 2 aromatic carbocycles. The predicted octanol–water partition coefficient (Wildman–Crippen LogP) is 4.39. The van der Waals surface area contributed by atoms with Crippen molar-refractivity contribution >= 4 is 10.8 Å². The van der Waals surface area contributed by atoms with Crippen LogP contribution in [0.25, 0.3) is 10.8 Å². The van der Waals surface area contributed by atoms with Crippen LogP contribution in [0.15, 0.2) is 36.4 Å². The number of aliphatic hydroxyl groups excluding tert-OH is 1. The summed E-state index contributed by atoms with van der Waals surface area (Å²) in [5, 5.41) is 10.6. The van der Waals surface area contributed by atoms with Crippen LogP contribution in [-0.2, 0) is 6.42 Å². The summed E-state index contributed by atoms with van der Waals surface area (Å²) in [6.45, 7) is 2.01. The van der Waals surface area contributed by atoms with E-state index in [4.69, 9.17) is 0 Å². The number of aryl methyl sites for hydroxylation is 1. The van der Waals surface area contributed by atoms with Gasteiger partial charge in [0.2, 0.25) is 0 Å². The minimum Gasteiger partial charge on any atom is -0.379 e. The van der Waals surface area contributed by atoms with Crippen molar-refractivity contribution in [3.63, 3.8) is 0 Å². The van der Waals surface area contributed by atoms with E-state index in [-0.39, 0.29) is 5.56 Å². The van der Waals surface area contributed by atoms with E-state index in [9.17, 15) is 18.3 Å². The standard InChI is InChI=1S/C15H15F3O/c1-2-4-10-7-8-11-5-3-6-12(13(11)9-10)14(19)15(16,17)18/h3,5-9,14,19H,2,4H2,1H3. The highest BCUT2D eigenvalue weighted by atomic mass is 19.4. The van der Waals surface area contributed by atoms with Gasteiger partial charge in [-0.3, -0.25) is 0 Å². The van der Waals surface area contributed by atoms with Gasteiger partial charge in [-0.2, -0.15) is 13.2 Å². The molecule has 0 amide bonds. The minimum absolute atomic E-state index is 0.0806. The normalized spacial score (nSPS) is 13.7. The van der Waals surface area contributed by atoms with E-state index >= 15 is 0 Å². The third kappa shape index (κ3) is 2.89. The molecule has 102 valence electrons. The van der Waals surface area contributed by atoms with Gasteiger partial charge >= 0.3 is 6.18 Å². The van der Waals surface area contributed by atoms with E-state index in [2.05, 4.69) is 0 Å². The van der Waals surface area contributed by atoms with Gasteiger partial charge in [-0.05, 0) is 28.3 Å². The number of hydrogen-bond donors (Lipinski definition) is 1. The second-order valence-corrected chi connectivity index (χ2v) is 4.60. The maximum Gasteiger partial charge on any atom is 0.418 e. The molecule has 1 nitrogen and oxygen atoms in total. The van der Waals surface area contributed by atoms with Crippen LogP contribution in [0.4, 0.5) is 13.2 Å². The molecule has 1 N–H and O–H groups in total. The summed E-state index contributed by atoms with van der Waals surface area (Å²) in [7, 11) is 0. The summed E-state index contributed by atoms with van der Waals surface area (Å²) < 4.78 is 38.0. The highest BCUT2D eigenvalue weighted by Gasteiger charge is 2.40. The quantitative estimate of drug-likeness (QED) is 0.875. The van der Waals surface area contributed by atoms with Crippen LogP contribution in [0.1, 0.15) is 30.6 Å². The van der Waals surface area contributed by atoms with Gasteiger partial charge in [-0.15, -0.1) is 0 Å². The van der Waals surface area contributed by atoms with Gasteiger partial charge in [0.05, 0.1) is 0 Å². The summed E-state index contributed by atoms with van der Waals surface area (Å²) >= 11 is 0. The summed E-state index contributed by atoms with van der Waals surface area (Å²) in [4.78, 5) is 0. The zero-order chi connectivity index (χ0) is 14.0. The Morgan fingerprint density at radius 1 is 1.16 bits per heavy atom. The van der Waals surface area contributed by atoms with E-state index in [0.29, 0.717) is 10.8 Å². The first-order valence-corrected chi connectivity index (χ1v) is 6.20. The summed E-state index contributed by atoms with van der Waals surface area (Å²) in [5.74, 6) is 0. The topological polar surface area (TPSA) is 20.2 Å². The van der Waals surface area contributed by atoms with Gasteiger partial charge in [-0.25, -0.2) is 0 Å². The van der Waals surface area contributed by atoms with E-state index in [1.807, 2.05) is 13.0 Å². The number of fused-ring (bicyclic) bond motifs is 1. The van der Waals surface area contributed by atoms with E-state index in [1.165, 1.54) is 12.1 Å². The van der Waals surface area contributed by atoms with Crippen LogP contribution in [0, 0.1) is 0 Å². The average molecular weight is 268 g/mol. The molecule has 2 aromatic rings. The number of aliphatic hydroxyl groups is 1. The molecule has 19 heavy (non-hydrogen) atoms. The molecule has 4 heteroatoms. The number of alkyl halides is 3.